The van der Waals surface area contributed by atoms with Crippen molar-refractivity contribution in [2.75, 3.05) is 7.05 Å². The number of halogens is 1. The minimum absolute atomic E-state index is 0.337. The molecule has 0 spiro atoms. The lowest BCUT2D eigenvalue weighted by Crippen LogP contribution is -2.52. The van der Waals surface area contributed by atoms with Gasteiger partial charge < -0.3 is 5.32 Å². The summed E-state index contributed by atoms with van der Waals surface area (Å²) in [6.45, 7) is 4.61. The monoisotopic (exact) mass is 265 g/mol. The second-order valence-electron chi connectivity index (χ2n) is 5.99. The molecule has 1 atom stereocenters. The van der Waals surface area contributed by atoms with Gasteiger partial charge in [-0.05, 0) is 49.9 Å². The molecule has 1 nitrogen and oxygen atoms in total. The zero-order valence-electron chi connectivity index (χ0n) is 11.7. The van der Waals surface area contributed by atoms with Crippen molar-refractivity contribution in [3.05, 3.63) is 34.9 Å². The summed E-state index contributed by atoms with van der Waals surface area (Å²) in [4.78, 5) is 0. The van der Waals surface area contributed by atoms with Crippen LogP contribution in [0.25, 0.3) is 0 Å². The molecule has 1 saturated carbocycles. The van der Waals surface area contributed by atoms with Gasteiger partial charge in [0, 0.05) is 16.5 Å². The van der Waals surface area contributed by atoms with Gasteiger partial charge in [-0.2, -0.15) is 0 Å². The highest BCUT2D eigenvalue weighted by atomic mass is 35.5. The van der Waals surface area contributed by atoms with Crippen LogP contribution >= 0.6 is 11.6 Å². The van der Waals surface area contributed by atoms with Gasteiger partial charge in [0.1, 0.15) is 0 Å². The molecule has 100 valence electrons. The fourth-order valence-corrected chi connectivity index (χ4v) is 3.39. The van der Waals surface area contributed by atoms with Crippen LogP contribution in [0.15, 0.2) is 24.3 Å². The maximum atomic E-state index is 6.01. The van der Waals surface area contributed by atoms with E-state index in [0.29, 0.717) is 11.5 Å². The van der Waals surface area contributed by atoms with Gasteiger partial charge in [0.25, 0.3) is 0 Å². The van der Waals surface area contributed by atoms with Crippen LogP contribution < -0.4 is 5.32 Å². The average Bonchev–Trinajstić information content (AvgIpc) is 2.28. The number of benzene rings is 1. The minimum atomic E-state index is 0.337. The van der Waals surface area contributed by atoms with Crippen LogP contribution in [-0.2, 0) is 5.41 Å². The fourth-order valence-electron chi connectivity index (χ4n) is 3.27. The Labute approximate surface area is 116 Å². The minimum Gasteiger partial charge on any atom is -0.316 e. The topological polar surface area (TPSA) is 12.0 Å². The lowest BCUT2D eigenvalue weighted by atomic mass is 9.59. The number of nitrogens with one attached hydrogen (secondary N) is 1. The molecule has 0 unspecified atom stereocenters. The summed E-state index contributed by atoms with van der Waals surface area (Å²) in [5.74, 6) is 0.729. The molecule has 0 heterocycles. The van der Waals surface area contributed by atoms with Crippen molar-refractivity contribution in [3.63, 3.8) is 0 Å². The molecule has 1 aliphatic carbocycles. The maximum absolute atomic E-state index is 6.01. The first kappa shape index (κ1) is 13.9. The number of hydrogen-bond donors (Lipinski definition) is 1. The predicted molar refractivity (Wildman–Crippen MR) is 79.3 cm³/mol. The predicted octanol–water partition coefficient (Wildman–Crippen LogP) is 4.40. The zero-order valence-corrected chi connectivity index (χ0v) is 12.4. The number of likely N-dealkylation sites (N-methyl/N-ethyl adjacent to an activating group) is 1. The first-order valence-electron chi connectivity index (χ1n) is 7.02. The molecule has 0 radical (unpaired) electrons. The number of rotatable bonds is 5. The highest BCUT2D eigenvalue weighted by Crippen LogP contribution is 2.48. The van der Waals surface area contributed by atoms with Gasteiger partial charge in [0.15, 0.2) is 0 Å². The van der Waals surface area contributed by atoms with E-state index >= 15 is 0 Å². The molecule has 0 saturated heterocycles. The van der Waals surface area contributed by atoms with Gasteiger partial charge in [-0.1, -0.05) is 44.0 Å². The van der Waals surface area contributed by atoms with Crippen molar-refractivity contribution >= 4 is 11.6 Å². The van der Waals surface area contributed by atoms with Gasteiger partial charge in [-0.25, -0.2) is 0 Å². The molecule has 1 aliphatic rings. The molecular weight excluding hydrogens is 242 g/mol. The van der Waals surface area contributed by atoms with E-state index in [2.05, 4.69) is 38.3 Å². The third-order valence-electron chi connectivity index (χ3n) is 4.39. The van der Waals surface area contributed by atoms with Crippen molar-refractivity contribution in [1.29, 1.82) is 0 Å². The summed E-state index contributed by atoms with van der Waals surface area (Å²) in [6.07, 6.45) is 5.18. The van der Waals surface area contributed by atoms with Crippen LogP contribution in [0.1, 0.15) is 45.1 Å². The normalized spacial score (nSPS) is 19.6. The van der Waals surface area contributed by atoms with Crippen LogP contribution in [0.2, 0.25) is 5.02 Å². The van der Waals surface area contributed by atoms with Gasteiger partial charge in [0.05, 0.1) is 0 Å². The van der Waals surface area contributed by atoms with Crippen molar-refractivity contribution < 1.29 is 0 Å². The van der Waals surface area contributed by atoms with E-state index in [9.17, 15) is 0 Å². The summed E-state index contributed by atoms with van der Waals surface area (Å²) in [5, 5.41) is 4.39. The van der Waals surface area contributed by atoms with E-state index in [1.54, 1.807) is 0 Å². The summed E-state index contributed by atoms with van der Waals surface area (Å²) in [5.41, 5.74) is 1.79. The second kappa shape index (κ2) is 5.63. The molecule has 2 rings (SSSR count). The number of hydrogen-bond acceptors (Lipinski definition) is 1. The van der Waals surface area contributed by atoms with E-state index in [1.807, 2.05) is 12.1 Å². The van der Waals surface area contributed by atoms with Crippen molar-refractivity contribution in [1.82, 2.24) is 5.32 Å². The van der Waals surface area contributed by atoms with Crippen molar-refractivity contribution in [2.45, 2.75) is 51.0 Å². The Morgan fingerprint density at radius 3 is 2.22 bits per heavy atom. The first-order chi connectivity index (χ1) is 8.58. The van der Waals surface area contributed by atoms with E-state index < -0.39 is 0 Å². The third-order valence-corrected chi connectivity index (χ3v) is 4.64. The average molecular weight is 266 g/mol. The van der Waals surface area contributed by atoms with Crippen LogP contribution in [0, 0.1) is 5.92 Å². The Bertz CT molecular complexity index is 379. The second-order valence-corrected chi connectivity index (χ2v) is 6.42. The quantitative estimate of drug-likeness (QED) is 0.832. The van der Waals surface area contributed by atoms with Gasteiger partial charge in [0.2, 0.25) is 0 Å². The molecule has 0 aromatic heterocycles. The maximum Gasteiger partial charge on any atom is 0.0406 e. The lowest BCUT2D eigenvalue weighted by molar-refractivity contribution is 0.157. The van der Waals surface area contributed by atoms with E-state index in [0.717, 1.165) is 10.9 Å². The summed E-state index contributed by atoms with van der Waals surface area (Å²) in [6, 6.07) is 9.06. The molecule has 0 bridgehead atoms. The largest absolute Gasteiger partial charge is 0.316 e. The standard InChI is InChI=1S/C16H24ClN/c1-12(2)11-15(18-3)16(9-4-10-16)13-5-7-14(17)8-6-13/h5-8,12,15,18H,4,9-11H2,1-3H3/t15-/m1/s1. The fraction of sp³-hybridized carbons (Fsp3) is 0.625. The van der Waals surface area contributed by atoms with E-state index in [4.69, 9.17) is 11.6 Å². The molecule has 1 fully saturated rings. The van der Waals surface area contributed by atoms with E-state index in [-0.39, 0.29) is 0 Å². The highest BCUT2D eigenvalue weighted by Gasteiger charge is 2.44. The van der Waals surface area contributed by atoms with Crippen molar-refractivity contribution in [3.8, 4) is 0 Å². The molecule has 1 N–H and O–H groups in total. The van der Waals surface area contributed by atoms with Gasteiger partial charge in [-0.3, -0.25) is 0 Å². The molecule has 1 aromatic rings. The zero-order chi connectivity index (χ0) is 13.2. The Morgan fingerprint density at radius 2 is 1.83 bits per heavy atom. The summed E-state index contributed by atoms with van der Waals surface area (Å²) < 4.78 is 0. The Kier molecular flexibility index (Phi) is 4.34. The molecule has 1 aromatic carbocycles. The van der Waals surface area contributed by atoms with Crippen LogP contribution in [0.3, 0.4) is 0 Å². The summed E-state index contributed by atoms with van der Waals surface area (Å²) >= 11 is 6.01. The Balaban J connectivity index is 2.26. The van der Waals surface area contributed by atoms with Crippen LogP contribution in [0.5, 0.6) is 0 Å². The Morgan fingerprint density at radius 1 is 1.22 bits per heavy atom. The van der Waals surface area contributed by atoms with E-state index in [1.165, 1.54) is 31.2 Å². The molecule has 18 heavy (non-hydrogen) atoms. The first-order valence-corrected chi connectivity index (χ1v) is 7.39. The molecule has 0 aliphatic heterocycles. The van der Waals surface area contributed by atoms with Crippen molar-refractivity contribution in [2.24, 2.45) is 5.92 Å². The summed E-state index contributed by atoms with van der Waals surface area (Å²) in [7, 11) is 2.10. The van der Waals surface area contributed by atoms with Gasteiger partial charge >= 0.3 is 0 Å². The molecular formula is C16H24ClN. The Hall–Kier alpha value is -0.530. The SMILES string of the molecule is CN[C@H](CC(C)C)C1(c2ccc(Cl)cc2)CCC1. The molecule has 2 heteroatoms. The smallest absolute Gasteiger partial charge is 0.0406 e. The van der Waals surface area contributed by atoms with Gasteiger partial charge in [-0.15, -0.1) is 0 Å². The highest BCUT2D eigenvalue weighted by molar-refractivity contribution is 6.30. The third kappa shape index (κ3) is 2.57. The van der Waals surface area contributed by atoms with Crippen LogP contribution in [0.4, 0.5) is 0 Å². The molecule has 0 amide bonds. The van der Waals surface area contributed by atoms with Crippen LogP contribution in [-0.4, -0.2) is 13.1 Å². The lowest BCUT2D eigenvalue weighted by Gasteiger charge is -2.49.